The molecule has 1 heterocycles. The van der Waals surface area contributed by atoms with E-state index >= 15 is 0 Å². The van der Waals surface area contributed by atoms with Gasteiger partial charge in [-0.25, -0.2) is 0 Å². The van der Waals surface area contributed by atoms with Crippen LogP contribution in [-0.4, -0.2) is 25.8 Å². The van der Waals surface area contributed by atoms with E-state index in [0.29, 0.717) is 17.9 Å². The average Bonchev–Trinajstić information content (AvgIpc) is 2.83. The Kier molecular flexibility index (Phi) is 8.61. The van der Waals surface area contributed by atoms with Gasteiger partial charge in [0.1, 0.15) is 6.61 Å². The van der Waals surface area contributed by atoms with E-state index in [2.05, 4.69) is 5.32 Å². The Morgan fingerprint density at radius 1 is 1.15 bits per heavy atom. The molecule has 180 valence electrons. The number of ether oxygens (including phenoxy) is 1. The number of benzene rings is 2. The summed E-state index contributed by atoms with van der Waals surface area (Å²) in [5.41, 5.74) is 2.19. The summed E-state index contributed by atoms with van der Waals surface area (Å²) < 4.78 is 32.5. The summed E-state index contributed by atoms with van der Waals surface area (Å²) in [6.07, 6.45) is 0.718. The van der Waals surface area contributed by atoms with Crippen LogP contribution < -0.4 is 19.8 Å². The third kappa shape index (κ3) is 6.12. The molecule has 2 aromatic carbocycles. The summed E-state index contributed by atoms with van der Waals surface area (Å²) in [6.45, 7) is 4.24. The van der Waals surface area contributed by atoms with E-state index in [1.54, 1.807) is 31.3 Å². The van der Waals surface area contributed by atoms with E-state index in [9.17, 15) is 18.4 Å². The van der Waals surface area contributed by atoms with E-state index in [0.717, 1.165) is 21.9 Å². The molecule has 1 amide bonds. The summed E-state index contributed by atoms with van der Waals surface area (Å²) in [4.78, 5) is 26.1. The highest BCUT2D eigenvalue weighted by molar-refractivity contribution is 7.80. The summed E-state index contributed by atoms with van der Waals surface area (Å²) >= 11 is -2.60. The fraction of sp³-hybridized carbons (Fsp3) is 0.280. The number of rotatable bonds is 10. The van der Waals surface area contributed by atoms with Crippen LogP contribution >= 0.6 is 0 Å². The van der Waals surface area contributed by atoms with Crippen molar-refractivity contribution in [3.8, 4) is 5.75 Å². The van der Waals surface area contributed by atoms with Gasteiger partial charge in [-0.15, -0.1) is 0 Å². The summed E-state index contributed by atoms with van der Waals surface area (Å²) in [5.74, 6) is -0.537. The largest absolute Gasteiger partial charge is 0.755 e. The van der Waals surface area contributed by atoms with Gasteiger partial charge in [0.2, 0.25) is 5.43 Å². The van der Waals surface area contributed by atoms with Crippen LogP contribution in [0.4, 0.5) is 5.69 Å². The SMILES string of the molecule is CCCNC(=O)c1c(OCc2ccccc2)c(=O)cc(CN(c2ccc(C)cc2)S(=O)[O-])n1C. The smallest absolute Gasteiger partial charge is 0.271 e. The van der Waals surface area contributed by atoms with Crippen molar-refractivity contribution in [2.24, 2.45) is 7.05 Å². The van der Waals surface area contributed by atoms with Crippen LogP contribution in [0.3, 0.4) is 0 Å². The lowest BCUT2D eigenvalue weighted by molar-refractivity contribution is 0.0938. The van der Waals surface area contributed by atoms with Crippen LogP contribution in [0.5, 0.6) is 5.75 Å². The highest BCUT2D eigenvalue weighted by Crippen LogP contribution is 2.22. The molecule has 0 aliphatic carbocycles. The molecule has 1 atom stereocenters. The van der Waals surface area contributed by atoms with Gasteiger partial charge >= 0.3 is 0 Å². The second-order valence-corrected chi connectivity index (χ2v) is 8.73. The molecule has 0 radical (unpaired) electrons. The molecule has 0 aliphatic rings. The van der Waals surface area contributed by atoms with E-state index < -0.39 is 22.6 Å². The maximum atomic E-state index is 13.1. The fourth-order valence-electron chi connectivity index (χ4n) is 3.41. The predicted octanol–water partition coefficient (Wildman–Crippen LogP) is 3.21. The highest BCUT2D eigenvalue weighted by atomic mass is 32.2. The van der Waals surface area contributed by atoms with Gasteiger partial charge in [-0.1, -0.05) is 55.0 Å². The maximum absolute atomic E-state index is 13.1. The second-order valence-electron chi connectivity index (χ2n) is 7.86. The van der Waals surface area contributed by atoms with E-state index in [4.69, 9.17) is 4.74 Å². The number of carbonyl (C=O) groups excluding carboxylic acids is 1. The van der Waals surface area contributed by atoms with Gasteiger partial charge in [-0.2, -0.15) is 0 Å². The van der Waals surface area contributed by atoms with Gasteiger partial charge in [-0.05, 0) is 31.0 Å². The average molecular weight is 483 g/mol. The lowest BCUT2D eigenvalue weighted by Crippen LogP contribution is -2.33. The third-order valence-electron chi connectivity index (χ3n) is 5.29. The monoisotopic (exact) mass is 482 g/mol. The molecular weight excluding hydrogens is 454 g/mol. The zero-order chi connectivity index (χ0) is 24.7. The van der Waals surface area contributed by atoms with Crippen molar-refractivity contribution < 1.29 is 18.3 Å². The van der Waals surface area contributed by atoms with E-state index in [1.165, 1.54) is 10.6 Å². The van der Waals surface area contributed by atoms with Crippen LogP contribution in [0, 0.1) is 6.92 Å². The topological polar surface area (TPSA) is 104 Å². The Bertz CT molecular complexity index is 1210. The van der Waals surface area contributed by atoms with Crippen molar-refractivity contribution in [2.75, 3.05) is 10.8 Å². The number of pyridine rings is 1. The fourth-order valence-corrected chi connectivity index (χ4v) is 3.94. The number of hydrogen-bond donors (Lipinski definition) is 1. The van der Waals surface area contributed by atoms with Gasteiger partial charge in [-0.3, -0.25) is 18.1 Å². The lowest BCUT2D eigenvalue weighted by Gasteiger charge is -2.28. The van der Waals surface area contributed by atoms with Crippen LogP contribution in [0.2, 0.25) is 0 Å². The molecule has 0 saturated heterocycles. The van der Waals surface area contributed by atoms with Crippen molar-refractivity contribution in [2.45, 2.75) is 33.4 Å². The Morgan fingerprint density at radius 2 is 1.82 bits per heavy atom. The normalized spacial score (nSPS) is 11.6. The molecule has 0 saturated carbocycles. The Balaban J connectivity index is 2.01. The lowest BCUT2D eigenvalue weighted by atomic mass is 10.2. The van der Waals surface area contributed by atoms with Crippen LogP contribution in [-0.2, 0) is 31.5 Å². The molecule has 0 aliphatic heterocycles. The molecular formula is C25H28N3O5S-. The molecule has 34 heavy (non-hydrogen) atoms. The molecule has 0 bridgehead atoms. The molecule has 3 aromatic rings. The minimum Gasteiger partial charge on any atom is -0.755 e. The van der Waals surface area contributed by atoms with Gasteiger partial charge in [0.25, 0.3) is 5.91 Å². The standard InChI is InChI=1S/C25H29N3O5S/c1-4-14-26-25(30)23-24(33-17-19-8-6-5-7-9-19)22(29)15-21(27(23)3)16-28(34(31)32)20-12-10-18(2)11-13-20/h5-13,15H,4,14,16-17H2,1-3H3,(H,26,30)(H,31,32)/p-1. The van der Waals surface area contributed by atoms with Crippen molar-refractivity contribution in [1.29, 1.82) is 0 Å². The predicted molar refractivity (Wildman–Crippen MR) is 131 cm³/mol. The Hall–Kier alpha value is -3.43. The van der Waals surface area contributed by atoms with Crippen molar-refractivity contribution in [3.05, 3.63) is 93.4 Å². The van der Waals surface area contributed by atoms with Gasteiger partial charge in [0.15, 0.2) is 11.4 Å². The number of aryl methyl sites for hydroxylation is 1. The molecule has 8 nitrogen and oxygen atoms in total. The number of hydrogen-bond acceptors (Lipinski definition) is 5. The van der Waals surface area contributed by atoms with Crippen molar-refractivity contribution >= 4 is 22.9 Å². The van der Waals surface area contributed by atoms with Crippen LogP contribution in [0.25, 0.3) is 0 Å². The number of nitrogens with zero attached hydrogens (tertiary/aromatic N) is 2. The van der Waals surface area contributed by atoms with Crippen LogP contribution in [0.1, 0.15) is 40.7 Å². The summed E-state index contributed by atoms with van der Waals surface area (Å²) in [5, 5.41) is 2.78. The molecule has 3 rings (SSSR count). The number of aromatic nitrogens is 1. The first kappa shape index (κ1) is 25.2. The van der Waals surface area contributed by atoms with Gasteiger partial charge in [0.05, 0.1) is 6.54 Å². The van der Waals surface area contributed by atoms with E-state index in [1.807, 2.05) is 44.2 Å². The molecule has 1 aromatic heterocycles. The Morgan fingerprint density at radius 3 is 2.44 bits per heavy atom. The van der Waals surface area contributed by atoms with Crippen molar-refractivity contribution in [1.82, 2.24) is 9.88 Å². The number of carbonyl (C=O) groups is 1. The zero-order valence-electron chi connectivity index (χ0n) is 19.4. The van der Waals surface area contributed by atoms with E-state index in [-0.39, 0.29) is 24.6 Å². The summed E-state index contributed by atoms with van der Waals surface area (Å²) in [7, 11) is 1.62. The molecule has 0 fully saturated rings. The first-order chi connectivity index (χ1) is 16.3. The minimum atomic E-state index is -2.60. The molecule has 1 unspecified atom stereocenters. The Labute approximate surface area is 201 Å². The molecule has 9 heteroatoms. The van der Waals surface area contributed by atoms with Gasteiger partial charge < -0.3 is 19.2 Å². The second kappa shape index (κ2) is 11.6. The maximum Gasteiger partial charge on any atom is 0.271 e. The molecule has 1 N–H and O–H groups in total. The third-order valence-corrected chi connectivity index (χ3v) is 5.99. The van der Waals surface area contributed by atoms with Gasteiger partial charge in [0, 0.05) is 42.3 Å². The first-order valence-corrected chi connectivity index (χ1v) is 12.0. The molecule has 0 spiro atoms. The number of nitrogens with one attached hydrogen (secondary N) is 1. The zero-order valence-corrected chi connectivity index (χ0v) is 20.3. The first-order valence-electron chi connectivity index (χ1n) is 10.9. The quantitative estimate of drug-likeness (QED) is 0.447. The van der Waals surface area contributed by atoms with Crippen molar-refractivity contribution in [3.63, 3.8) is 0 Å². The number of amides is 1. The highest BCUT2D eigenvalue weighted by Gasteiger charge is 2.23. The summed E-state index contributed by atoms with van der Waals surface area (Å²) in [6, 6.07) is 17.6. The number of anilines is 1. The minimum absolute atomic E-state index is 0.0485. The van der Waals surface area contributed by atoms with Crippen LogP contribution in [0.15, 0.2) is 65.5 Å².